The highest BCUT2D eigenvalue weighted by Gasteiger charge is 2.43. The summed E-state index contributed by atoms with van der Waals surface area (Å²) in [6.07, 6.45) is 5.55. The standard InChI is InChI=1S/C23H34N4/c1-16-9-17(2)27(24-16)21-8-6-7-18(10-21)15-26(5)23-13-19-11-22(25(3)4)12-20(19)14-23/h6-10,19-20,22-23H,11-15H2,1-5H3/t19-,20+,22?,23?. The number of rotatable bonds is 5. The quantitative estimate of drug-likeness (QED) is 0.798. The molecule has 0 aliphatic heterocycles. The molecule has 0 saturated heterocycles. The van der Waals surface area contributed by atoms with Gasteiger partial charge in [0, 0.05) is 24.3 Å². The Labute approximate surface area is 164 Å². The molecule has 4 atom stereocenters. The van der Waals surface area contributed by atoms with Gasteiger partial charge in [-0.15, -0.1) is 0 Å². The SMILES string of the molecule is Cc1cc(C)n(-c2cccc(CN(C)C3C[C@H]4CC(N(C)C)C[C@H]4C3)c2)n1. The molecule has 0 N–H and O–H groups in total. The van der Waals surface area contributed by atoms with E-state index in [1.165, 1.54) is 42.6 Å². The molecule has 0 bridgehead atoms. The second-order valence-electron chi connectivity index (χ2n) is 9.16. The molecular formula is C23H34N4. The summed E-state index contributed by atoms with van der Waals surface area (Å²) in [5.74, 6) is 1.87. The molecule has 1 heterocycles. The van der Waals surface area contributed by atoms with E-state index < -0.39 is 0 Å². The van der Waals surface area contributed by atoms with Crippen molar-refractivity contribution in [1.82, 2.24) is 19.6 Å². The molecule has 1 aromatic carbocycles. The van der Waals surface area contributed by atoms with Crippen molar-refractivity contribution in [3.63, 3.8) is 0 Å². The highest BCUT2D eigenvalue weighted by Crippen LogP contribution is 2.46. The normalized spacial score (nSPS) is 27.7. The third-order valence-corrected chi connectivity index (χ3v) is 6.92. The van der Waals surface area contributed by atoms with Gasteiger partial charge >= 0.3 is 0 Å². The van der Waals surface area contributed by atoms with E-state index in [9.17, 15) is 0 Å². The van der Waals surface area contributed by atoms with Crippen molar-refractivity contribution in [3.05, 3.63) is 47.3 Å². The van der Waals surface area contributed by atoms with Gasteiger partial charge in [-0.3, -0.25) is 4.90 Å². The van der Waals surface area contributed by atoms with Crippen molar-refractivity contribution in [3.8, 4) is 5.69 Å². The van der Waals surface area contributed by atoms with Crippen molar-refractivity contribution < 1.29 is 0 Å². The van der Waals surface area contributed by atoms with E-state index in [1.54, 1.807) is 0 Å². The molecule has 2 aliphatic carbocycles. The maximum absolute atomic E-state index is 4.64. The maximum atomic E-state index is 4.64. The Morgan fingerprint density at radius 3 is 2.22 bits per heavy atom. The maximum Gasteiger partial charge on any atom is 0.0651 e. The molecular weight excluding hydrogens is 332 g/mol. The van der Waals surface area contributed by atoms with Crippen LogP contribution >= 0.6 is 0 Å². The van der Waals surface area contributed by atoms with Gasteiger partial charge in [0.25, 0.3) is 0 Å². The Morgan fingerprint density at radius 1 is 0.963 bits per heavy atom. The first kappa shape index (κ1) is 18.7. The van der Waals surface area contributed by atoms with Gasteiger partial charge in [0.1, 0.15) is 0 Å². The third kappa shape index (κ3) is 3.83. The van der Waals surface area contributed by atoms with Crippen molar-refractivity contribution >= 4 is 0 Å². The molecule has 146 valence electrons. The predicted octanol–water partition coefficient (Wildman–Crippen LogP) is 4.04. The number of hydrogen-bond acceptors (Lipinski definition) is 3. The second kappa shape index (κ2) is 7.40. The van der Waals surface area contributed by atoms with Gasteiger partial charge in [-0.05, 0) is 96.3 Å². The molecule has 2 unspecified atom stereocenters. The number of nitrogens with zero attached hydrogens (tertiary/aromatic N) is 4. The number of aryl methyl sites for hydroxylation is 2. The molecule has 2 aromatic rings. The van der Waals surface area contributed by atoms with Crippen molar-refractivity contribution in [1.29, 1.82) is 0 Å². The summed E-state index contributed by atoms with van der Waals surface area (Å²) in [4.78, 5) is 5.02. The minimum absolute atomic E-state index is 0.737. The first-order valence-electron chi connectivity index (χ1n) is 10.4. The van der Waals surface area contributed by atoms with Crippen LogP contribution in [0.5, 0.6) is 0 Å². The molecule has 4 rings (SSSR count). The minimum atomic E-state index is 0.737. The van der Waals surface area contributed by atoms with E-state index in [1.807, 2.05) is 0 Å². The fraction of sp³-hybridized carbons (Fsp3) is 0.609. The summed E-state index contributed by atoms with van der Waals surface area (Å²) in [7, 11) is 6.79. The smallest absolute Gasteiger partial charge is 0.0651 e. The monoisotopic (exact) mass is 366 g/mol. The van der Waals surface area contributed by atoms with Crippen LogP contribution < -0.4 is 0 Å². The zero-order valence-corrected chi connectivity index (χ0v) is 17.5. The van der Waals surface area contributed by atoms with Gasteiger partial charge < -0.3 is 4.90 Å². The highest BCUT2D eigenvalue weighted by molar-refractivity contribution is 5.37. The number of hydrogen-bond donors (Lipinski definition) is 0. The van der Waals surface area contributed by atoms with Gasteiger partial charge in [0.2, 0.25) is 0 Å². The summed E-state index contributed by atoms with van der Waals surface area (Å²) in [5.41, 5.74) is 4.81. The van der Waals surface area contributed by atoms with Crippen molar-refractivity contribution in [2.75, 3.05) is 21.1 Å². The van der Waals surface area contributed by atoms with Crippen molar-refractivity contribution in [2.24, 2.45) is 11.8 Å². The first-order chi connectivity index (χ1) is 12.9. The van der Waals surface area contributed by atoms with Gasteiger partial charge in [-0.1, -0.05) is 12.1 Å². The van der Waals surface area contributed by atoms with Gasteiger partial charge in [-0.25, -0.2) is 4.68 Å². The summed E-state index contributed by atoms with van der Waals surface area (Å²) in [6.45, 7) is 5.20. The molecule has 27 heavy (non-hydrogen) atoms. The molecule has 2 fully saturated rings. The predicted molar refractivity (Wildman–Crippen MR) is 111 cm³/mol. The molecule has 1 aromatic heterocycles. The zero-order chi connectivity index (χ0) is 19.1. The lowest BCUT2D eigenvalue weighted by Crippen LogP contribution is -2.31. The van der Waals surface area contributed by atoms with Crippen molar-refractivity contribution in [2.45, 2.75) is 58.2 Å². The Morgan fingerprint density at radius 2 is 1.63 bits per heavy atom. The molecule has 0 radical (unpaired) electrons. The summed E-state index contributed by atoms with van der Waals surface area (Å²) in [6, 6.07) is 12.6. The second-order valence-corrected chi connectivity index (χ2v) is 9.16. The van der Waals surface area contributed by atoms with E-state index >= 15 is 0 Å². The van der Waals surface area contributed by atoms with Crippen LogP contribution in [-0.2, 0) is 6.54 Å². The lowest BCUT2D eigenvalue weighted by molar-refractivity contribution is 0.212. The molecule has 2 saturated carbocycles. The summed E-state index contributed by atoms with van der Waals surface area (Å²) >= 11 is 0. The lowest BCUT2D eigenvalue weighted by Gasteiger charge is -2.27. The largest absolute Gasteiger partial charge is 0.306 e. The van der Waals surface area contributed by atoms with E-state index in [4.69, 9.17) is 0 Å². The fourth-order valence-electron chi connectivity index (χ4n) is 5.43. The van der Waals surface area contributed by atoms with E-state index in [0.29, 0.717) is 0 Å². The molecule has 0 amide bonds. The summed E-state index contributed by atoms with van der Waals surface area (Å²) < 4.78 is 2.06. The average Bonchev–Trinajstić information content (AvgIpc) is 3.27. The number of benzene rings is 1. The molecule has 4 heteroatoms. The molecule has 0 spiro atoms. The van der Waals surface area contributed by atoms with Crippen LogP contribution in [0.15, 0.2) is 30.3 Å². The van der Waals surface area contributed by atoms with E-state index in [-0.39, 0.29) is 0 Å². The van der Waals surface area contributed by atoms with Gasteiger partial charge in [0.15, 0.2) is 0 Å². The van der Waals surface area contributed by atoms with Crippen LogP contribution in [0.1, 0.15) is 42.6 Å². The molecule has 4 nitrogen and oxygen atoms in total. The van der Waals surface area contributed by atoms with Crippen LogP contribution in [0.3, 0.4) is 0 Å². The van der Waals surface area contributed by atoms with E-state index in [0.717, 1.165) is 36.2 Å². The van der Waals surface area contributed by atoms with Crippen LogP contribution in [0.25, 0.3) is 5.69 Å². The van der Waals surface area contributed by atoms with Gasteiger partial charge in [-0.2, -0.15) is 5.10 Å². The van der Waals surface area contributed by atoms with Crippen LogP contribution in [0.2, 0.25) is 0 Å². The van der Waals surface area contributed by atoms with Crippen LogP contribution in [-0.4, -0.2) is 52.8 Å². The van der Waals surface area contributed by atoms with E-state index in [2.05, 4.69) is 84.9 Å². The van der Waals surface area contributed by atoms with Crippen LogP contribution in [0.4, 0.5) is 0 Å². The number of aromatic nitrogens is 2. The summed E-state index contributed by atoms with van der Waals surface area (Å²) in [5, 5.41) is 4.64. The first-order valence-corrected chi connectivity index (χ1v) is 10.4. The topological polar surface area (TPSA) is 24.3 Å². The lowest BCUT2D eigenvalue weighted by atomic mass is 10.0. The molecule has 2 aliphatic rings. The van der Waals surface area contributed by atoms with Gasteiger partial charge in [0.05, 0.1) is 11.4 Å². The zero-order valence-electron chi connectivity index (χ0n) is 17.5. The number of fused-ring (bicyclic) bond motifs is 1. The Bertz CT molecular complexity index is 779. The third-order valence-electron chi connectivity index (χ3n) is 6.92. The Balaban J connectivity index is 1.40. The Hall–Kier alpha value is -1.65. The Kier molecular flexibility index (Phi) is 5.13. The average molecular weight is 367 g/mol. The highest BCUT2D eigenvalue weighted by atomic mass is 15.3. The fourth-order valence-corrected chi connectivity index (χ4v) is 5.43. The van der Waals surface area contributed by atoms with Crippen LogP contribution in [0, 0.1) is 25.7 Å². The minimum Gasteiger partial charge on any atom is -0.306 e.